The molecule has 6 heteroatoms. The predicted octanol–water partition coefficient (Wildman–Crippen LogP) is 4.83. The van der Waals surface area contributed by atoms with Gasteiger partial charge in [-0.1, -0.05) is 15.9 Å². The van der Waals surface area contributed by atoms with E-state index >= 15 is 0 Å². The van der Waals surface area contributed by atoms with E-state index in [-0.39, 0.29) is 12.4 Å². The maximum absolute atomic E-state index is 13.7. The van der Waals surface area contributed by atoms with Crippen LogP contribution in [0.25, 0.3) is 11.5 Å². The molecule has 0 aliphatic rings. The summed E-state index contributed by atoms with van der Waals surface area (Å²) in [6.07, 6.45) is 1.50. The largest absolute Gasteiger partial charge is 0.497 e. The number of methoxy groups -OCH3 is 1. The highest BCUT2D eigenvalue weighted by Gasteiger charge is 2.09. The summed E-state index contributed by atoms with van der Waals surface area (Å²) >= 11 is 3.20. The fourth-order valence-corrected chi connectivity index (χ4v) is 2.32. The molecule has 3 aromatic rings. The average Bonchev–Trinajstić information content (AvgIpc) is 3.03. The molecule has 23 heavy (non-hydrogen) atoms. The van der Waals surface area contributed by atoms with Crippen LogP contribution < -0.4 is 9.47 Å². The highest BCUT2D eigenvalue weighted by Crippen LogP contribution is 2.24. The molecule has 0 amide bonds. The van der Waals surface area contributed by atoms with Gasteiger partial charge in [0.2, 0.25) is 5.89 Å². The van der Waals surface area contributed by atoms with Gasteiger partial charge in [0.1, 0.15) is 24.3 Å². The number of oxazole rings is 1. The number of halogens is 2. The molecule has 0 radical (unpaired) electrons. The summed E-state index contributed by atoms with van der Waals surface area (Å²) < 4.78 is 30.3. The number of hydrogen-bond donors (Lipinski definition) is 0. The van der Waals surface area contributed by atoms with Gasteiger partial charge >= 0.3 is 0 Å². The van der Waals surface area contributed by atoms with E-state index in [1.165, 1.54) is 12.3 Å². The Bertz CT molecular complexity index is 802. The zero-order chi connectivity index (χ0) is 16.2. The summed E-state index contributed by atoms with van der Waals surface area (Å²) in [5.74, 6) is 0.970. The average molecular weight is 378 g/mol. The molecule has 4 nitrogen and oxygen atoms in total. The summed E-state index contributed by atoms with van der Waals surface area (Å²) in [5, 5.41) is 0. The van der Waals surface area contributed by atoms with E-state index in [9.17, 15) is 4.39 Å². The van der Waals surface area contributed by atoms with Crippen LogP contribution in [0.5, 0.6) is 11.5 Å². The van der Waals surface area contributed by atoms with Crippen LogP contribution in [0.4, 0.5) is 4.39 Å². The van der Waals surface area contributed by atoms with Crippen LogP contribution in [-0.4, -0.2) is 12.1 Å². The molecule has 0 fully saturated rings. The topological polar surface area (TPSA) is 44.5 Å². The summed E-state index contributed by atoms with van der Waals surface area (Å²) in [6, 6.07) is 12.0. The molecule has 3 rings (SSSR count). The Morgan fingerprint density at radius 1 is 1.17 bits per heavy atom. The van der Waals surface area contributed by atoms with Gasteiger partial charge in [0.05, 0.1) is 7.11 Å². The Labute approximate surface area is 141 Å². The molecule has 0 atom stereocenters. The van der Waals surface area contributed by atoms with Gasteiger partial charge in [-0.15, -0.1) is 0 Å². The zero-order valence-electron chi connectivity index (χ0n) is 12.3. The third-order valence-corrected chi connectivity index (χ3v) is 3.65. The Kier molecular flexibility index (Phi) is 4.62. The first-order valence-electron chi connectivity index (χ1n) is 6.82. The summed E-state index contributed by atoms with van der Waals surface area (Å²) in [4.78, 5) is 4.33. The maximum atomic E-state index is 13.7. The van der Waals surface area contributed by atoms with E-state index in [0.29, 0.717) is 16.1 Å². The fourth-order valence-electron chi connectivity index (χ4n) is 1.98. The van der Waals surface area contributed by atoms with Crippen molar-refractivity contribution < 1.29 is 18.3 Å². The van der Waals surface area contributed by atoms with Gasteiger partial charge in [-0.2, -0.15) is 0 Å². The van der Waals surface area contributed by atoms with Crippen molar-refractivity contribution in [1.29, 1.82) is 0 Å². The van der Waals surface area contributed by atoms with E-state index < -0.39 is 5.82 Å². The minimum atomic E-state index is -0.432. The van der Waals surface area contributed by atoms with Gasteiger partial charge in [-0.05, 0) is 42.5 Å². The van der Waals surface area contributed by atoms with Crippen molar-refractivity contribution in [2.75, 3.05) is 7.11 Å². The van der Waals surface area contributed by atoms with E-state index in [0.717, 1.165) is 11.3 Å². The van der Waals surface area contributed by atoms with Crippen LogP contribution in [0.1, 0.15) is 5.69 Å². The molecule has 1 aromatic heterocycles. The van der Waals surface area contributed by atoms with Crippen molar-refractivity contribution in [3.05, 3.63) is 64.7 Å². The van der Waals surface area contributed by atoms with Gasteiger partial charge in [-0.25, -0.2) is 9.37 Å². The molecule has 0 spiro atoms. The molecular formula is C17H13BrFNO3. The van der Waals surface area contributed by atoms with Crippen LogP contribution in [0.15, 0.2) is 57.6 Å². The molecule has 0 N–H and O–H groups in total. The first-order chi connectivity index (χ1) is 11.2. The standard InChI is InChI=1S/C17H13BrFNO3/c1-21-14-5-2-11(3-6-14)17-20-13(10-23-17)9-22-16-7-4-12(18)8-15(16)19/h2-8,10H,9H2,1H3. The quantitative estimate of drug-likeness (QED) is 0.638. The minimum absolute atomic E-state index is 0.123. The summed E-state index contributed by atoms with van der Waals surface area (Å²) in [6.45, 7) is 0.123. The van der Waals surface area contributed by atoms with Crippen molar-refractivity contribution >= 4 is 15.9 Å². The Hall–Kier alpha value is -2.34. The number of aromatic nitrogens is 1. The first-order valence-corrected chi connectivity index (χ1v) is 7.61. The van der Waals surface area contributed by atoms with Gasteiger partial charge in [0, 0.05) is 10.0 Å². The SMILES string of the molecule is COc1ccc(-c2nc(COc3ccc(Br)cc3F)co2)cc1. The molecule has 0 aliphatic heterocycles. The summed E-state index contributed by atoms with van der Waals surface area (Å²) in [5.41, 5.74) is 1.41. The highest BCUT2D eigenvalue weighted by atomic mass is 79.9. The number of rotatable bonds is 5. The zero-order valence-corrected chi connectivity index (χ0v) is 13.8. The second-order valence-electron chi connectivity index (χ2n) is 4.74. The van der Waals surface area contributed by atoms with Gasteiger partial charge in [-0.3, -0.25) is 0 Å². The monoisotopic (exact) mass is 377 g/mol. The van der Waals surface area contributed by atoms with Crippen molar-refractivity contribution in [2.45, 2.75) is 6.61 Å². The molecule has 0 aliphatic carbocycles. The van der Waals surface area contributed by atoms with Crippen molar-refractivity contribution in [3.63, 3.8) is 0 Å². The molecule has 2 aromatic carbocycles. The third-order valence-electron chi connectivity index (χ3n) is 3.16. The molecule has 118 valence electrons. The van der Waals surface area contributed by atoms with E-state index in [4.69, 9.17) is 13.9 Å². The molecule has 0 bridgehead atoms. The van der Waals surface area contributed by atoms with Gasteiger partial charge < -0.3 is 13.9 Å². The highest BCUT2D eigenvalue weighted by molar-refractivity contribution is 9.10. The number of nitrogens with zero attached hydrogens (tertiary/aromatic N) is 1. The lowest BCUT2D eigenvalue weighted by molar-refractivity contribution is 0.285. The van der Waals surface area contributed by atoms with Crippen LogP contribution in [0.2, 0.25) is 0 Å². The molecular weight excluding hydrogens is 365 g/mol. The van der Waals surface area contributed by atoms with Crippen LogP contribution in [0, 0.1) is 5.82 Å². The molecule has 0 saturated heterocycles. The van der Waals surface area contributed by atoms with E-state index in [2.05, 4.69) is 20.9 Å². The summed E-state index contributed by atoms with van der Waals surface area (Å²) in [7, 11) is 1.61. The number of hydrogen-bond acceptors (Lipinski definition) is 4. The molecule has 1 heterocycles. The Morgan fingerprint density at radius 2 is 1.96 bits per heavy atom. The van der Waals surface area contributed by atoms with Gasteiger partial charge in [0.15, 0.2) is 11.6 Å². The van der Waals surface area contributed by atoms with Crippen LogP contribution in [0.3, 0.4) is 0 Å². The normalized spacial score (nSPS) is 10.6. The third kappa shape index (κ3) is 3.71. The van der Waals surface area contributed by atoms with Crippen molar-refractivity contribution in [2.24, 2.45) is 0 Å². The lowest BCUT2D eigenvalue weighted by Crippen LogP contribution is -1.97. The lowest BCUT2D eigenvalue weighted by atomic mass is 10.2. The maximum Gasteiger partial charge on any atom is 0.226 e. The second-order valence-corrected chi connectivity index (χ2v) is 5.65. The smallest absolute Gasteiger partial charge is 0.226 e. The second kappa shape index (κ2) is 6.83. The number of ether oxygens (including phenoxy) is 2. The predicted molar refractivity (Wildman–Crippen MR) is 86.9 cm³/mol. The molecule has 0 unspecified atom stereocenters. The Balaban J connectivity index is 1.69. The minimum Gasteiger partial charge on any atom is -0.497 e. The van der Waals surface area contributed by atoms with E-state index in [1.807, 2.05) is 24.3 Å². The first kappa shape index (κ1) is 15.6. The fraction of sp³-hybridized carbons (Fsp3) is 0.118. The van der Waals surface area contributed by atoms with Crippen LogP contribution in [-0.2, 0) is 6.61 Å². The van der Waals surface area contributed by atoms with Crippen LogP contribution >= 0.6 is 15.9 Å². The lowest BCUT2D eigenvalue weighted by Gasteiger charge is -2.05. The van der Waals surface area contributed by atoms with Gasteiger partial charge in [0.25, 0.3) is 0 Å². The number of benzene rings is 2. The van der Waals surface area contributed by atoms with E-state index in [1.54, 1.807) is 19.2 Å². The van der Waals surface area contributed by atoms with Crippen molar-refractivity contribution in [3.8, 4) is 23.0 Å². The Morgan fingerprint density at radius 3 is 2.65 bits per heavy atom. The molecule has 0 saturated carbocycles. The van der Waals surface area contributed by atoms with Crippen molar-refractivity contribution in [1.82, 2.24) is 4.98 Å².